The van der Waals surface area contributed by atoms with E-state index >= 15 is 0 Å². The van der Waals surface area contributed by atoms with Crippen LogP contribution in [0.15, 0.2) is 78.9 Å². The van der Waals surface area contributed by atoms with Crippen LogP contribution in [0.3, 0.4) is 0 Å². The van der Waals surface area contributed by atoms with Gasteiger partial charge in [-0.15, -0.1) is 0 Å². The summed E-state index contributed by atoms with van der Waals surface area (Å²) < 4.78 is 27.7. The average Bonchev–Trinajstić information content (AvgIpc) is 3.90. The molecule has 3 aliphatic rings. The maximum Gasteiger partial charge on any atom is 0.235 e. The molecular formula is C34H40N2O3S. The molecule has 0 spiro atoms. The highest BCUT2D eigenvalue weighted by atomic mass is 32.2. The van der Waals surface area contributed by atoms with Crippen molar-refractivity contribution in [2.24, 2.45) is 0 Å². The molecule has 3 aromatic rings. The van der Waals surface area contributed by atoms with Crippen LogP contribution in [0.5, 0.6) is 0 Å². The number of anilines is 1. The normalized spacial score (nSPS) is 19.3. The molecule has 2 N–H and O–H groups in total. The van der Waals surface area contributed by atoms with Crippen LogP contribution < -0.4 is 4.72 Å². The van der Waals surface area contributed by atoms with E-state index in [1.165, 1.54) is 49.9 Å². The number of aliphatic hydroxyl groups excluding tert-OH is 1. The minimum Gasteiger partial charge on any atom is -0.396 e. The second kappa shape index (κ2) is 11.9. The largest absolute Gasteiger partial charge is 0.396 e. The molecule has 2 saturated carbocycles. The monoisotopic (exact) mass is 556 g/mol. The fraction of sp³-hybridized carbons (Fsp3) is 0.412. The minimum absolute atomic E-state index is 0.129. The summed E-state index contributed by atoms with van der Waals surface area (Å²) in [6.07, 6.45) is 8.09. The second-order valence-corrected chi connectivity index (χ2v) is 13.6. The van der Waals surface area contributed by atoms with E-state index in [0.717, 1.165) is 47.6 Å². The molecule has 6 rings (SSSR count). The van der Waals surface area contributed by atoms with Gasteiger partial charge in [0.2, 0.25) is 10.0 Å². The van der Waals surface area contributed by atoms with Gasteiger partial charge in [0.1, 0.15) is 0 Å². The van der Waals surface area contributed by atoms with Crippen molar-refractivity contribution in [1.29, 1.82) is 0 Å². The van der Waals surface area contributed by atoms with Crippen LogP contribution in [0.2, 0.25) is 0 Å². The van der Waals surface area contributed by atoms with Gasteiger partial charge in [-0.1, -0.05) is 66.7 Å². The molecule has 3 fully saturated rings. The summed E-state index contributed by atoms with van der Waals surface area (Å²) in [7, 11) is -3.31. The van der Waals surface area contributed by atoms with E-state index in [4.69, 9.17) is 0 Å². The molecule has 0 amide bonds. The van der Waals surface area contributed by atoms with Crippen molar-refractivity contribution in [3.05, 3.63) is 101 Å². The summed E-state index contributed by atoms with van der Waals surface area (Å²) in [5, 5.41) is 9.47. The van der Waals surface area contributed by atoms with Crippen LogP contribution in [0.4, 0.5) is 5.69 Å². The highest BCUT2D eigenvalue weighted by Gasteiger charge is 2.35. The maximum absolute atomic E-state index is 12.5. The molecule has 0 radical (unpaired) electrons. The summed E-state index contributed by atoms with van der Waals surface area (Å²) in [5.74, 6) is 0.609. The van der Waals surface area contributed by atoms with Crippen molar-refractivity contribution >= 4 is 26.9 Å². The first kappa shape index (κ1) is 27.3. The van der Waals surface area contributed by atoms with Crippen molar-refractivity contribution in [2.45, 2.75) is 68.6 Å². The Morgan fingerprint density at radius 3 is 1.98 bits per heavy atom. The highest BCUT2D eigenvalue weighted by molar-refractivity contribution is 7.93. The van der Waals surface area contributed by atoms with E-state index < -0.39 is 10.0 Å². The fourth-order valence-electron chi connectivity index (χ4n) is 6.11. The van der Waals surface area contributed by atoms with Gasteiger partial charge in [-0.3, -0.25) is 4.72 Å². The summed E-state index contributed by atoms with van der Waals surface area (Å²) in [5.41, 5.74) is 7.65. The summed E-state index contributed by atoms with van der Waals surface area (Å²) in [6.45, 7) is 2.54. The number of aliphatic hydroxyl groups is 1. The van der Waals surface area contributed by atoms with Gasteiger partial charge >= 0.3 is 0 Å². The van der Waals surface area contributed by atoms with Crippen LogP contribution in [0, 0.1) is 0 Å². The molecule has 1 heterocycles. The van der Waals surface area contributed by atoms with E-state index in [9.17, 15) is 13.5 Å². The Kier molecular flexibility index (Phi) is 8.10. The van der Waals surface area contributed by atoms with Crippen molar-refractivity contribution < 1.29 is 13.5 Å². The van der Waals surface area contributed by atoms with E-state index in [-0.39, 0.29) is 11.9 Å². The first-order valence-electron chi connectivity index (χ1n) is 14.9. The SMILES string of the molecule is O=S(=O)(Nc1ccc(C(=C(CCCO)c2ccccc2)c2ccc(C3CCN(C4CC4)CC3)cc2)cc1)C1CC1. The predicted molar refractivity (Wildman–Crippen MR) is 164 cm³/mol. The molecular weight excluding hydrogens is 516 g/mol. The van der Waals surface area contributed by atoms with Gasteiger partial charge < -0.3 is 10.0 Å². The Labute approximate surface area is 239 Å². The number of sulfonamides is 1. The Morgan fingerprint density at radius 2 is 1.40 bits per heavy atom. The lowest BCUT2D eigenvalue weighted by atomic mass is 9.85. The number of rotatable bonds is 11. The summed E-state index contributed by atoms with van der Waals surface area (Å²) in [6, 6.07) is 28.1. The first-order chi connectivity index (χ1) is 19.5. The number of allylic oxidation sites excluding steroid dienone is 1. The Morgan fingerprint density at radius 1 is 0.775 bits per heavy atom. The third-order valence-electron chi connectivity index (χ3n) is 8.67. The number of piperidine rings is 1. The fourth-order valence-corrected chi connectivity index (χ4v) is 7.50. The van der Waals surface area contributed by atoms with Crippen molar-refractivity contribution in [3.8, 4) is 0 Å². The van der Waals surface area contributed by atoms with E-state index in [0.29, 0.717) is 18.0 Å². The lowest BCUT2D eigenvalue weighted by Gasteiger charge is -2.32. The zero-order valence-electron chi connectivity index (χ0n) is 23.1. The van der Waals surface area contributed by atoms with E-state index in [2.05, 4.69) is 58.2 Å². The first-order valence-corrected chi connectivity index (χ1v) is 16.4. The van der Waals surface area contributed by atoms with Crippen LogP contribution in [0.1, 0.15) is 79.5 Å². The van der Waals surface area contributed by atoms with Gasteiger partial charge in [-0.25, -0.2) is 8.42 Å². The third-order valence-corrected chi connectivity index (χ3v) is 10.5. The quantitative estimate of drug-likeness (QED) is 0.259. The molecule has 0 atom stereocenters. The lowest BCUT2D eigenvalue weighted by molar-refractivity contribution is 0.203. The van der Waals surface area contributed by atoms with E-state index in [1.54, 1.807) is 0 Å². The second-order valence-electron chi connectivity index (χ2n) is 11.6. The number of hydrogen-bond donors (Lipinski definition) is 2. The smallest absolute Gasteiger partial charge is 0.235 e. The topological polar surface area (TPSA) is 69.6 Å². The minimum atomic E-state index is -3.31. The molecule has 40 heavy (non-hydrogen) atoms. The molecule has 210 valence electrons. The summed E-state index contributed by atoms with van der Waals surface area (Å²) in [4.78, 5) is 2.67. The molecule has 6 heteroatoms. The number of likely N-dealkylation sites (tertiary alicyclic amines) is 1. The van der Waals surface area contributed by atoms with Gasteiger partial charge in [0.05, 0.1) is 5.25 Å². The van der Waals surface area contributed by atoms with Crippen molar-refractivity contribution in [1.82, 2.24) is 4.90 Å². The van der Waals surface area contributed by atoms with Gasteiger partial charge in [0.25, 0.3) is 0 Å². The van der Waals surface area contributed by atoms with Crippen molar-refractivity contribution in [3.63, 3.8) is 0 Å². The lowest BCUT2D eigenvalue weighted by Crippen LogP contribution is -2.34. The number of nitrogens with zero attached hydrogens (tertiary/aromatic N) is 1. The van der Waals surface area contributed by atoms with Gasteiger partial charge in [-0.2, -0.15) is 0 Å². The molecule has 5 nitrogen and oxygen atoms in total. The maximum atomic E-state index is 12.5. The zero-order valence-corrected chi connectivity index (χ0v) is 24.0. The Bertz CT molecular complexity index is 1420. The van der Waals surface area contributed by atoms with Gasteiger partial charge in [-0.05, 0) is 116 Å². The Hall–Kier alpha value is -2.93. The van der Waals surface area contributed by atoms with Gasteiger partial charge in [0.15, 0.2) is 0 Å². The van der Waals surface area contributed by atoms with Crippen LogP contribution in [-0.4, -0.2) is 49.4 Å². The van der Waals surface area contributed by atoms with Crippen LogP contribution >= 0.6 is 0 Å². The molecule has 1 aliphatic heterocycles. The van der Waals surface area contributed by atoms with Crippen molar-refractivity contribution in [2.75, 3.05) is 24.4 Å². The molecule has 0 aromatic heterocycles. The third kappa shape index (κ3) is 6.35. The summed E-state index contributed by atoms with van der Waals surface area (Å²) >= 11 is 0. The van der Waals surface area contributed by atoms with Crippen LogP contribution in [-0.2, 0) is 10.0 Å². The number of benzene rings is 3. The Balaban J connectivity index is 1.33. The number of nitrogens with one attached hydrogen (secondary N) is 1. The molecule has 2 aliphatic carbocycles. The van der Waals surface area contributed by atoms with E-state index in [1.807, 2.05) is 30.3 Å². The number of hydrogen-bond acceptors (Lipinski definition) is 4. The zero-order chi connectivity index (χ0) is 27.5. The molecule has 0 bridgehead atoms. The molecule has 0 unspecified atom stereocenters. The molecule has 3 aromatic carbocycles. The standard InChI is InChI=1S/C34H40N2O3S/c37-24-4-7-33(27-5-2-1-3-6-27)34(29-12-14-30(15-13-29)35-40(38,39)32-18-19-32)28-10-8-25(9-11-28)26-20-22-36(23-21-26)31-16-17-31/h1-3,5-6,8-15,26,31-32,35,37H,4,7,16-24H2. The predicted octanol–water partition coefficient (Wildman–Crippen LogP) is 6.66. The average molecular weight is 557 g/mol. The highest BCUT2D eigenvalue weighted by Crippen LogP contribution is 2.38. The molecule has 1 saturated heterocycles. The van der Waals surface area contributed by atoms with Gasteiger partial charge in [0, 0.05) is 18.3 Å². The van der Waals surface area contributed by atoms with Crippen LogP contribution in [0.25, 0.3) is 11.1 Å².